The Balaban J connectivity index is 2.03. The van der Waals surface area contributed by atoms with Crippen molar-refractivity contribution in [3.05, 3.63) is 27.7 Å². The maximum absolute atomic E-state index is 12.2. The summed E-state index contributed by atoms with van der Waals surface area (Å²) in [7, 11) is -3.56. The average molecular weight is 369 g/mol. The second kappa shape index (κ2) is 6.10. The Labute approximate surface area is 126 Å². The Bertz CT molecular complexity index is 558. The highest BCUT2D eigenvalue weighted by Gasteiger charge is 2.33. The van der Waals surface area contributed by atoms with Gasteiger partial charge in [0.05, 0.1) is 11.1 Å². The zero-order valence-corrected chi connectivity index (χ0v) is 13.6. The SMILES string of the molecule is CCOC1CC(NS(=O)(=O)c2ccc(Br)cc2Cl)C1. The zero-order valence-electron chi connectivity index (χ0n) is 10.4. The van der Waals surface area contributed by atoms with Gasteiger partial charge in [0.1, 0.15) is 4.90 Å². The van der Waals surface area contributed by atoms with Gasteiger partial charge in [-0.1, -0.05) is 27.5 Å². The Morgan fingerprint density at radius 2 is 2.16 bits per heavy atom. The van der Waals surface area contributed by atoms with Gasteiger partial charge in [-0.25, -0.2) is 13.1 Å². The maximum atomic E-state index is 12.2. The minimum atomic E-state index is -3.56. The number of hydrogen-bond donors (Lipinski definition) is 1. The molecule has 19 heavy (non-hydrogen) atoms. The van der Waals surface area contributed by atoms with Crippen molar-refractivity contribution >= 4 is 37.6 Å². The van der Waals surface area contributed by atoms with Crippen LogP contribution in [0.2, 0.25) is 5.02 Å². The summed E-state index contributed by atoms with van der Waals surface area (Å²) in [5.74, 6) is 0. The Kier molecular flexibility index (Phi) is 4.89. The van der Waals surface area contributed by atoms with Gasteiger partial charge >= 0.3 is 0 Å². The van der Waals surface area contributed by atoms with Crippen LogP contribution in [0.5, 0.6) is 0 Å². The molecule has 0 bridgehead atoms. The minimum Gasteiger partial charge on any atom is -0.378 e. The maximum Gasteiger partial charge on any atom is 0.242 e. The first-order valence-corrected chi connectivity index (χ1v) is 8.66. The summed E-state index contributed by atoms with van der Waals surface area (Å²) in [4.78, 5) is 0.109. The summed E-state index contributed by atoms with van der Waals surface area (Å²) in [6, 6.07) is 4.65. The van der Waals surface area contributed by atoms with Crippen LogP contribution in [0.4, 0.5) is 0 Å². The van der Waals surface area contributed by atoms with E-state index in [0.717, 1.165) is 4.47 Å². The molecular formula is C12H15BrClNO3S. The van der Waals surface area contributed by atoms with Crippen molar-refractivity contribution in [1.82, 2.24) is 4.72 Å². The molecule has 7 heteroatoms. The third-order valence-corrected chi connectivity index (χ3v) is 5.50. The Hall–Kier alpha value is -0.140. The van der Waals surface area contributed by atoms with Crippen molar-refractivity contribution in [3.8, 4) is 0 Å². The predicted octanol–water partition coefficient (Wildman–Crippen LogP) is 2.95. The van der Waals surface area contributed by atoms with Gasteiger partial charge in [0.2, 0.25) is 10.0 Å². The molecule has 1 aromatic rings. The molecule has 0 atom stereocenters. The third kappa shape index (κ3) is 3.70. The quantitative estimate of drug-likeness (QED) is 0.869. The lowest BCUT2D eigenvalue weighted by Crippen LogP contribution is -2.47. The molecule has 0 amide bonds. The molecule has 0 unspecified atom stereocenters. The second-order valence-electron chi connectivity index (χ2n) is 4.44. The summed E-state index contributed by atoms with van der Waals surface area (Å²) >= 11 is 9.21. The van der Waals surface area contributed by atoms with Gasteiger partial charge in [0.25, 0.3) is 0 Å². The van der Waals surface area contributed by atoms with E-state index in [1.165, 1.54) is 6.07 Å². The fourth-order valence-corrected chi connectivity index (χ4v) is 4.31. The first-order valence-electron chi connectivity index (χ1n) is 6.01. The van der Waals surface area contributed by atoms with E-state index in [1.54, 1.807) is 12.1 Å². The molecule has 0 spiro atoms. The average Bonchev–Trinajstić information content (AvgIpc) is 2.25. The first-order chi connectivity index (χ1) is 8.92. The van der Waals surface area contributed by atoms with Crippen LogP contribution >= 0.6 is 27.5 Å². The second-order valence-corrected chi connectivity index (χ2v) is 7.45. The van der Waals surface area contributed by atoms with Crippen molar-refractivity contribution < 1.29 is 13.2 Å². The molecule has 1 N–H and O–H groups in total. The molecule has 2 rings (SSSR count). The number of ether oxygens (including phenoxy) is 1. The molecule has 0 heterocycles. The van der Waals surface area contributed by atoms with E-state index in [0.29, 0.717) is 19.4 Å². The van der Waals surface area contributed by atoms with Crippen LogP contribution < -0.4 is 4.72 Å². The fourth-order valence-electron chi connectivity index (χ4n) is 2.01. The van der Waals surface area contributed by atoms with Gasteiger partial charge in [-0.05, 0) is 38.0 Å². The lowest BCUT2D eigenvalue weighted by atomic mass is 9.90. The number of nitrogens with one attached hydrogen (secondary N) is 1. The predicted molar refractivity (Wildman–Crippen MR) is 77.9 cm³/mol. The van der Waals surface area contributed by atoms with E-state index in [2.05, 4.69) is 20.7 Å². The monoisotopic (exact) mass is 367 g/mol. The largest absolute Gasteiger partial charge is 0.378 e. The first kappa shape index (κ1) is 15.3. The number of rotatable bonds is 5. The summed E-state index contributed by atoms with van der Waals surface area (Å²) in [6.45, 7) is 2.59. The van der Waals surface area contributed by atoms with Gasteiger partial charge in [0.15, 0.2) is 0 Å². The number of benzene rings is 1. The molecule has 0 radical (unpaired) electrons. The van der Waals surface area contributed by atoms with Gasteiger partial charge in [-0.15, -0.1) is 0 Å². The molecule has 1 saturated carbocycles. The van der Waals surface area contributed by atoms with Crippen LogP contribution in [0.1, 0.15) is 19.8 Å². The van der Waals surface area contributed by atoms with E-state index >= 15 is 0 Å². The molecular weight excluding hydrogens is 354 g/mol. The molecule has 0 saturated heterocycles. The number of sulfonamides is 1. The van der Waals surface area contributed by atoms with Gasteiger partial charge < -0.3 is 4.74 Å². The van der Waals surface area contributed by atoms with Crippen LogP contribution in [0.3, 0.4) is 0 Å². The van der Waals surface area contributed by atoms with E-state index in [1.807, 2.05) is 6.92 Å². The Morgan fingerprint density at radius 1 is 1.47 bits per heavy atom. The molecule has 1 aliphatic rings. The van der Waals surface area contributed by atoms with Crippen molar-refractivity contribution in [2.45, 2.75) is 36.8 Å². The highest BCUT2D eigenvalue weighted by molar-refractivity contribution is 9.10. The van der Waals surface area contributed by atoms with Crippen molar-refractivity contribution in [2.24, 2.45) is 0 Å². The summed E-state index contributed by atoms with van der Waals surface area (Å²) in [5, 5.41) is 0.211. The normalized spacial score (nSPS) is 23.1. The highest BCUT2D eigenvalue weighted by Crippen LogP contribution is 2.28. The smallest absolute Gasteiger partial charge is 0.242 e. The van der Waals surface area contributed by atoms with Crippen LogP contribution in [0.15, 0.2) is 27.6 Å². The fraction of sp³-hybridized carbons (Fsp3) is 0.500. The van der Waals surface area contributed by atoms with Crippen molar-refractivity contribution in [3.63, 3.8) is 0 Å². The summed E-state index contributed by atoms with van der Waals surface area (Å²) < 4.78 is 33.2. The minimum absolute atomic E-state index is 0.0683. The van der Waals surface area contributed by atoms with E-state index in [4.69, 9.17) is 16.3 Å². The van der Waals surface area contributed by atoms with Crippen molar-refractivity contribution in [1.29, 1.82) is 0 Å². The van der Waals surface area contributed by atoms with Gasteiger partial charge in [-0.3, -0.25) is 0 Å². The molecule has 0 aliphatic heterocycles. The third-order valence-electron chi connectivity index (χ3n) is 3.00. The lowest BCUT2D eigenvalue weighted by molar-refractivity contribution is -0.00475. The van der Waals surface area contributed by atoms with Crippen LogP contribution in [-0.4, -0.2) is 27.2 Å². The number of halogens is 2. The number of hydrogen-bond acceptors (Lipinski definition) is 3. The summed E-state index contributed by atoms with van der Waals surface area (Å²) in [6.07, 6.45) is 1.58. The van der Waals surface area contributed by atoms with Crippen LogP contribution in [-0.2, 0) is 14.8 Å². The topological polar surface area (TPSA) is 55.4 Å². The zero-order chi connectivity index (χ0) is 14.0. The van der Waals surface area contributed by atoms with E-state index in [9.17, 15) is 8.42 Å². The lowest BCUT2D eigenvalue weighted by Gasteiger charge is -2.35. The van der Waals surface area contributed by atoms with E-state index in [-0.39, 0.29) is 22.1 Å². The molecule has 1 aliphatic carbocycles. The van der Waals surface area contributed by atoms with E-state index < -0.39 is 10.0 Å². The van der Waals surface area contributed by atoms with Crippen LogP contribution in [0, 0.1) is 0 Å². The molecule has 106 valence electrons. The standard InChI is InChI=1S/C12H15BrClNO3S/c1-2-18-10-6-9(7-10)15-19(16,17)12-4-3-8(13)5-11(12)14/h3-5,9-10,15H,2,6-7H2,1H3. The van der Waals surface area contributed by atoms with Crippen molar-refractivity contribution in [2.75, 3.05) is 6.61 Å². The molecule has 1 fully saturated rings. The van der Waals surface area contributed by atoms with Gasteiger partial charge in [0, 0.05) is 17.1 Å². The molecule has 1 aromatic carbocycles. The molecule has 0 aromatic heterocycles. The van der Waals surface area contributed by atoms with Crippen LogP contribution in [0.25, 0.3) is 0 Å². The van der Waals surface area contributed by atoms with Gasteiger partial charge in [-0.2, -0.15) is 0 Å². The molecule has 4 nitrogen and oxygen atoms in total. The Morgan fingerprint density at radius 3 is 2.74 bits per heavy atom. The highest BCUT2D eigenvalue weighted by atomic mass is 79.9. The summed E-state index contributed by atoms with van der Waals surface area (Å²) in [5.41, 5.74) is 0.